The maximum absolute atomic E-state index is 14.1. The fraction of sp³-hybridized carbons (Fsp3) is 0.0870. The summed E-state index contributed by atoms with van der Waals surface area (Å²) >= 11 is 0. The molecule has 164 valence electrons. The molecule has 0 bridgehead atoms. The van der Waals surface area contributed by atoms with Gasteiger partial charge in [-0.1, -0.05) is 42.5 Å². The second-order valence-corrected chi connectivity index (χ2v) is 8.52. The summed E-state index contributed by atoms with van der Waals surface area (Å²) in [5, 5.41) is 9.44. The van der Waals surface area contributed by atoms with Gasteiger partial charge in [-0.15, -0.1) is 0 Å². The summed E-state index contributed by atoms with van der Waals surface area (Å²) < 4.78 is 58.1. The van der Waals surface area contributed by atoms with Gasteiger partial charge in [0.2, 0.25) is 10.0 Å². The molecule has 0 aliphatic carbocycles. The van der Waals surface area contributed by atoms with Crippen molar-refractivity contribution >= 4 is 10.0 Å². The van der Waals surface area contributed by atoms with E-state index in [1.54, 1.807) is 54.6 Å². The van der Waals surface area contributed by atoms with E-state index in [-0.39, 0.29) is 16.2 Å². The van der Waals surface area contributed by atoms with E-state index in [9.17, 15) is 17.2 Å². The number of halogens is 2. The van der Waals surface area contributed by atoms with Crippen LogP contribution in [-0.2, 0) is 10.0 Å². The molecule has 0 saturated heterocycles. The van der Waals surface area contributed by atoms with Crippen molar-refractivity contribution in [3.8, 4) is 33.8 Å². The lowest BCUT2D eigenvalue weighted by molar-refractivity contribution is 0.146. The molecule has 0 amide bonds. The Hall–Kier alpha value is -3.56. The number of primary sulfonamides is 1. The monoisotopic (exact) mass is 455 g/mol. The molecule has 0 aliphatic heterocycles. The fourth-order valence-electron chi connectivity index (χ4n) is 3.46. The lowest BCUT2D eigenvalue weighted by atomic mass is 9.98. The van der Waals surface area contributed by atoms with Crippen molar-refractivity contribution in [3.63, 3.8) is 0 Å². The van der Waals surface area contributed by atoms with Crippen molar-refractivity contribution in [2.75, 3.05) is 7.11 Å². The van der Waals surface area contributed by atoms with Gasteiger partial charge in [0, 0.05) is 11.1 Å². The van der Waals surface area contributed by atoms with E-state index in [0.29, 0.717) is 28.3 Å². The first-order chi connectivity index (χ1) is 15.3. The zero-order chi connectivity index (χ0) is 22.9. The summed E-state index contributed by atoms with van der Waals surface area (Å²) in [5.41, 5.74) is 1.90. The van der Waals surface area contributed by atoms with Crippen LogP contribution in [0.15, 0.2) is 83.8 Å². The number of benzene rings is 3. The van der Waals surface area contributed by atoms with Crippen molar-refractivity contribution in [1.29, 1.82) is 0 Å². The van der Waals surface area contributed by atoms with E-state index in [1.807, 2.05) is 0 Å². The molecule has 3 aromatic carbocycles. The zero-order valence-corrected chi connectivity index (χ0v) is 17.8. The van der Waals surface area contributed by atoms with Gasteiger partial charge in [0.1, 0.15) is 11.4 Å². The van der Waals surface area contributed by atoms with Gasteiger partial charge >= 0.3 is 0 Å². The number of nitrogens with two attached hydrogens (primary N) is 1. The number of methoxy groups -OCH3 is 1. The quantitative estimate of drug-likeness (QED) is 0.452. The van der Waals surface area contributed by atoms with Crippen molar-refractivity contribution < 1.29 is 21.9 Å². The highest BCUT2D eigenvalue weighted by molar-refractivity contribution is 7.89. The molecular weight excluding hydrogens is 436 g/mol. The molecule has 0 fully saturated rings. The number of sulfonamides is 1. The van der Waals surface area contributed by atoms with Gasteiger partial charge in [-0.25, -0.2) is 27.0 Å². The summed E-state index contributed by atoms with van der Waals surface area (Å²) in [4.78, 5) is -0.0768. The van der Waals surface area contributed by atoms with Crippen LogP contribution in [0.2, 0.25) is 0 Å². The Kier molecular flexibility index (Phi) is 5.77. The molecule has 0 aliphatic rings. The molecule has 2 N–H and O–H groups in total. The van der Waals surface area contributed by atoms with Gasteiger partial charge in [0.05, 0.1) is 23.4 Å². The van der Waals surface area contributed by atoms with Crippen LogP contribution < -0.4 is 9.88 Å². The van der Waals surface area contributed by atoms with E-state index in [4.69, 9.17) is 9.88 Å². The minimum Gasteiger partial charge on any atom is -0.497 e. The van der Waals surface area contributed by atoms with Gasteiger partial charge in [-0.2, -0.15) is 5.10 Å². The molecule has 0 atom stereocenters. The molecule has 9 heteroatoms. The Morgan fingerprint density at radius 1 is 0.906 bits per heavy atom. The van der Waals surface area contributed by atoms with Crippen molar-refractivity contribution in [3.05, 3.63) is 84.6 Å². The average molecular weight is 455 g/mol. The molecule has 1 heterocycles. The third kappa shape index (κ3) is 4.12. The minimum atomic E-state index is -3.90. The van der Waals surface area contributed by atoms with Gasteiger partial charge in [0.15, 0.2) is 0 Å². The normalized spacial score (nSPS) is 11.7. The topological polar surface area (TPSA) is 87.2 Å². The highest BCUT2D eigenvalue weighted by Gasteiger charge is 2.27. The summed E-state index contributed by atoms with van der Waals surface area (Å²) in [5.74, 6) is 0.609. The number of hydrogen-bond donors (Lipinski definition) is 1. The maximum Gasteiger partial charge on any atom is 0.282 e. The van der Waals surface area contributed by atoms with Crippen LogP contribution in [0.25, 0.3) is 28.1 Å². The first kappa shape index (κ1) is 21.7. The third-order valence-electron chi connectivity index (χ3n) is 4.95. The van der Waals surface area contributed by atoms with Crippen molar-refractivity contribution in [2.24, 2.45) is 5.14 Å². The second kappa shape index (κ2) is 8.52. The summed E-state index contributed by atoms with van der Waals surface area (Å²) in [6.07, 6.45) is -2.83. The van der Waals surface area contributed by atoms with E-state index >= 15 is 0 Å². The average Bonchev–Trinajstić information content (AvgIpc) is 3.20. The van der Waals surface area contributed by atoms with Crippen LogP contribution in [0.4, 0.5) is 8.78 Å². The second-order valence-electron chi connectivity index (χ2n) is 6.95. The molecular formula is C23H19F2N3O3S. The Morgan fingerprint density at radius 2 is 1.53 bits per heavy atom. The Labute approximate surface area is 183 Å². The number of aromatic nitrogens is 2. The molecule has 1 aromatic heterocycles. The SMILES string of the molecule is COc1ccc(-n2nc(C(F)F)c(-c3ccccc3)c2-c2ccc(S(N)(=O)=O)cc2)cc1. The molecule has 4 aromatic rings. The van der Waals surface area contributed by atoms with E-state index in [2.05, 4.69) is 5.10 Å². The van der Waals surface area contributed by atoms with Gasteiger partial charge in [0.25, 0.3) is 6.43 Å². The molecule has 0 radical (unpaired) electrons. The summed E-state index contributed by atoms with van der Waals surface area (Å²) in [6, 6.07) is 21.3. The lowest BCUT2D eigenvalue weighted by Gasteiger charge is -2.12. The molecule has 6 nitrogen and oxygen atoms in total. The number of nitrogens with zero attached hydrogens (tertiary/aromatic N) is 2. The Morgan fingerprint density at radius 3 is 2.06 bits per heavy atom. The van der Waals surface area contributed by atoms with Crippen molar-refractivity contribution in [1.82, 2.24) is 9.78 Å². The highest BCUT2D eigenvalue weighted by atomic mass is 32.2. The van der Waals surface area contributed by atoms with E-state index in [0.717, 1.165) is 0 Å². The zero-order valence-electron chi connectivity index (χ0n) is 16.9. The summed E-state index contributed by atoms with van der Waals surface area (Å²) in [6.45, 7) is 0. The Bertz CT molecular complexity index is 1340. The first-order valence-corrected chi connectivity index (χ1v) is 11.1. The Balaban J connectivity index is 2.01. The minimum absolute atomic E-state index is 0.0768. The van der Waals surface area contributed by atoms with Crippen LogP contribution in [0.3, 0.4) is 0 Å². The fourth-order valence-corrected chi connectivity index (χ4v) is 3.97. The smallest absolute Gasteiger partial charge is 0.282 e. The number of ether oxygens (including phenoxy) is 1. The first-order valence-electron chi connectivity index (χ1n) is 9.53. The third-order valence-corrected chi connectivity index (χ3v) is 5.88. The van der Waals surface area contributed by atoms with Crippen molar-refractivity contribution in [2.45, 2.75) is 11.3 Å². The van der Waals surface area contributed by atoms with Gasteiger partial charge < -0.3 is 4.74 Å². The molecule has 0 spiro atoms. The largest absolute Gasteiger partial charge is 0.497 e. The molecule has 32 heavy (non-hydrogen) atoms. The van der Waals surface area contributed by atoms with Crippen LogP contribution in [0, 0.1) is 0 Å². The molecule has 0 saturated carbocycles. The standard InChI is InChI=1S/C23H19F2N3O3S/c1-31-18-11-9-17(10-12-18)28-22(16-7-13-19(14-8-16)32(26,29)30)20(21(27-28)23(24)25)15-5-3-2-4-6-15/h2-14,23H,1H3,(H2,26,29,30). The lowest BCUT2D eigenvalue weighted by Crippen LogP contribution is -2.11. The number of hydrogen-bond acceptors (Lipinski definition) is 4. The van der Waals surface area contributed by atoms with E-state index < -0.39 is 16.4 Å². The van der Waals surface area contributed by atoms with Crippen LogP contribution in [0.1, 0.15) is 12.1 Å². The maximum atomic E-state index is 14.1. The highest BCUT2D eigenvalue weighted by Crippen LogP contribution is 2.40. The van der Waals surface area contributed by atoms with Gasteiger partial charge in [-0.05, 0) is 42.0 Å². The molecule has 4 rings (SSSR count). The number of alkyl halides is 2. The summed E-state index contributed by atoms with van der Waals surface area (Å²) in [7, 11) is -2.37. The van der Waals surface area contributed by atoms with Crippen LogP contribution in [-0.4, -0.2) is 25.3 Å². The van der Waals surface area contributed by atoms with Crippen LogP contribution >= 0.6 is 0 Å². The van der Waals surface area contributed by atoms with Crippen LogP contribution in [0.5, 0.6) is 5.75 Å². The van der Waals surface area contributed by atoms with E-state index in [1.165, 1.54) is 36.1 Å². The molecule has 0 unspecified atom stereocenters. The number of rotatable bonds is 6. The predicted molar refractivity (Wildman–Crippen MR) is 117 cm³/mol. The van der Waals surface area contributed by atoms with Gasteiger partial charge in [-0.3, -0.25) is 0 Å². The predicted octanol–water partition coefficient (Wildman–Crippen LogP) is 4.80.